The largest absolute Gasteiger partial charge is 0.488 e. The van der Waals surface area contributed by atoms with Crippen molar-refractivity contribution in [1.82, 2.24) is 0 Å². The van der Waals surface area contributed by atoms with Crippen LogP contribution in [0.5, 0.6) is 5.75 Å². The number of para-hydroxylation sites is 2. The van der Waals surface area contributed by atoms with Crippen LogP contribution in [0.15, 0.2) is 24.3 Å². The molecule has 2 N–H and O–H groups in total. The van der Waals surface area contributed by atoms with E-state index in [1.54, 1.807) is 0 Å². The van der Waals surface area contributed by atoms with E-state index < -0.39 is 0 Å². The van der Waals surface area contributed by atoms with Gasteiger partial charge in [0.1, 0.15) is 5.75 Å². The zero-order valence-corrected chi connectivity index (χ0v) is 7.86. The average Bonchev–Trinajstić information content (AvgIpc) is 2.91. The summed E-state index contributed by atoms with van der Waals surface area (Å²) in [4.78, 5) is 0. The van der Waals surface area contributed by atoms with Crippen molar-refractivity contribution in [2.45, 2.75) is 25.9 Å². The van der Waals surface area contributed by atoms with Gasteiger partial charge in [0.15, 0.2) is 0 Å². The van der Waals surface area contributed by atoms with E-state index in [1.807, 2.05) is 24.3 Å². The third-order valence-electron chi connectivity index (χ3n) is 2.52. The van der Waals surface area contributed by atoms with Gasteiger partial charge in [-0.25, -0.2) is 0 Å². The summed E-state index contributed by atoms with van der Waals surface area (Å²) in [7, 11) is 0. The quantitative estimate of drug-likeness (QED) is 0.720. The summed E-state index contributed by atoms with van der Waals surface area (Å²) in [6, 6.07) is 7.67. The molecule has 0 unspecified atom stereocenters. The van der Waals surface area contributed by atoms with E-state index >= 15 is 0 Å². The molecule has 1 aliphatic carbocycles. The topological polar surface area (TPSA) is 35.2 Å². The van der Waals surface area contributed by atoms with Crippen molar-refractivity contribution < 1.29 is 4.74 Å². The fourth-order valence-electron chi connectivity index (χ4n) is 1.45. The van der Waals surface area contributed by atoms with Crippen LogP contribution in [0.1, 0.15) is 19.8 Å². The summed E-state index contributed by atoms with van der Waals surface area (Å²) in [5.41, 5.74) is 6.50. The van der Waals surface area contributed by atoms with E-state index in [2.05, 4.69) is 6.92 Å². The van der Waals surface area contributed by atoms with Crippen LogP contribution in [0.4, 0.5) is 5.69 Å². The molecular formula is C11H15NO. The molecule has 2 heteroatoms. The van der Waals surface area contributed by atoms with Crippen LogP contribution in [-0.2, 0) is 0 Å². The summed E-state index contributed by atoms with van der Waals surface area (Å²) >= 11 is 0. The molecule has 1 aliphatic rings. The number of benzene rings is 1. The van der Waals surface area contributed by atoms with Crippen LogP contribution in [0.3, 0.4) is 0 Å². The second-order valence-electron chi connectivity index (χ2n) is 3.70. The van der Waals surface area contributed by atoms with E-state index in [9.17, 15) is 0 Å². The summed E-state index contributed by atoms with van der Waals surface area (Å²) < 4.78 is 5.74. The Labute approximate surface area is 78.7 Å². The zero-order chi connectivity index (χ0) is 9.26. The summed E-state index contributed by atoms with van der Waals surface area (Å²) in [5, 5.41) is 0. The van der Waals surface area contributed by atoms with Crippen molar-refractivity contribution in [2.24, 2.45) is 5.92 Å². The minimum Gasteiger partial charge on any atom is -0.488 e. The molecule has 0 spiro atoms. The fraction of sp³-hybridized carbons (Fsp3) is 0.455. The molecule has 13 heavy (non-hydrogen) atoms. The van der Waals surface area contributed by atoms with Gasteiger partial charge in [0.2, 0.25) is 0 Å². The molecule has 0 heterocycles. The molecule has 0 aromatic heterocycles. The molecule has 70 valence electrons. The lowest BCUT2D eigenvalue weighted by atomic mass is 10.2. The number of hydrogen-bond donors (Lipinski definition) is 1. The maximum Gasteiger partial charge on any atom is 0.142 e. The van der Waals surface area contributed by atoms with Crippen LogP contribution in [0.2, 0.25) is 0 Å². The predicted octanol–water partition coefficient (Wildman–Crippen LogP) is 2.45. The standard InChI is InChI=1S/C11H15NO/c1-8(9-6-7-9)13-11-5-3-2-4-10(11)12/h2-5,8-9H,6-7,12H2,1H3/t8-/m0/s1. The van der Waals surface area contributed by atoms with Gasteiger partial charge in [0, 0.05) is 0 Å². The second kappa shape index (κ2) is 3.29. The first-order valence-electron chi connectivity index (χ1n) is 4.78. The lowest BCUT2D eigenvalue weighted by molar-refractivity contribution is 0.199. The fourth-order valence-corrected chi connectivity index (χ4v) is 1.45. The van der Waals surface area contributed by atoms with E-state index in [0.717, 1.165) is 17.4 Å². The van der Waals surface area contributed by atoms with Crippen LogP contribution in [0.25, 0.3) is 0 Å². The number of rotatable bonds is 3. The first-order chi connectivity index (χ1) is 6.27. The molecule has 1 aromatic rings. The van der Waals surface area contributed by atoms with Crippen LogP contribution in [0, 0.1) is 5.92 Å². The molecule has 1 aromatic carbocycles. The molecule has 0 amide bonds. The molecule has 0 saturated heterocycles. The van der Waals surface area contributed by atoms with E-state index in [-0.39, 0.29) is 0 Å². The Kier molecular flexibility index (Phi) is 2.13. The maximum absolute atomic E-state index is 5.76. The van der Waals surface area contributed by atoms with Crippen molar-refractivity contribution >= 4 is 5.69 Å². The molecule has 1 fully saturated rings. The van der Waals surface area contributed by atoms with Gasteiger partial charge < -0.3 is 10.5 Å². The minimum absolute atomic E-state index is 0.310. The number of hydrogen-bond acceptors (Lipinski definition) is 2. The Bertz CT molecular complexity index is 294. The minimum atomic E-state index is 0.310. The second-order valence-corrected chi connectivity index (χ2v) is 3.70. The third kappa shape index (κ3) is 1.94. The molecule has 0 bridgehead atoms. The number of nitrogen functional groups attached to an aromatic ring is 1. The van der Waals surface area contributed by atoms with Crippen molar-refractivity contribution in [3.8, 4) is 5.75 Å². The Hall–Kier alpha value is -1.18. The lowest BCUT2D eigenvalue weighted by Gasteiger charge is -2.14. The van der Waals surface area contributed by atoms with E-state index in [4.69, 9.17) is 10.5 Å². The molecule has 2 nitrogen and oxygen atoms in total. The zero-order valence-electron chi connectivity index (χ0n) is 7.86. The number of anilines is 1. The smallest absolute Gasteiger partial charge is 0.142 e. The summed E-state index contributed by atoms with van der Waals surface area (Å²) in [5.74, 6) is 1.57. The normalized spacial score (nSPS) is 18.2. The Balaban J connectivity index is 2.03. The van der Waals surface area contributed by atoms with E-state index in [0.29, 0.717) is 6.10 Å². The highest BCUT2D eigenvalue weighted by molar-refractivity contribution is 5.51. The molecule has 1 atom stereocenters. The summed E-state index contributed by atoms with van der Waals surface area (Å²) in [6.07, 6.45) is 2.91. The van der Waals surface area contributed by atoms with Gasteiger partial charge in [-0.2, -0.15) is 0 Å². The third-order valence-corrected chi connectivity index (χ3v) is 2.52. The van der Waals surface area contributed by atoms with Crippen molar-refractivity contribution in [2.75, 3.05) is 5.73 Å². The van der Waals surface area contributed by atoms with Crippen molar-refractivity contribution in [3.05, 3.63) is 24.3 Å². The van der Waals surface area contributed by atoms with Gasteiger partial charge in [-0.05, 0) is 37.8 Å². The van der Waals surface area contributed by atoms with Crippen molar-refractivity contribution in [3.63, 3.8) is 0 Å². The molecule has 2 rings (SSSR count). The molecule has 0 aliphatic heterocycles. The maximum atomic E-state index is 5.76. The number of nitrogens with two attached hydrogens (primary N) is 1. The van der Waals surface area contributed by atoms with Crippen molar-refractivity contribution in [1.29, 1.82) is 0 Å². The SMILES string of the molecule is C[C@H](Oc1ccccc1N)C1CC1. The van der Waals surface area contributed by atoms with E-state index in [1.165, 1.54) is 12.8 Å². The molecular weight excluding hydrogens is 162 g/mol. The van der Waals surface area contributed by atoms with Gasteiger partial charge in [0.25, 0.3) is 0 Å². The molecule has 1 saturated carbocycles. The molecule has 0 radical (unpaired) electrons. The lowest BCUT2D eigenvalue weighted by Crippen LogP contribution is -2.14. The average molecular weight is 177 g/mol. The highest BCUT2D eigenvalue weighted by atomic mass is 16.5. The highest BCUT2D eigenvalue weighted by Crippen LogP contribution is 2.35. The summed E-state index contributed by atoms with van der Waals surface area (Å²) in [6.45, 7) is 2.12. The Morgan fingerprint density at radius 2 is 2.08 bits per heavy atom. The number of ether oxygens (including phenoxy) is 1. The Morgan fingerprint density at radius 3 is 2.69 bits per heavy atom. The van der Waals surface area contributed by atoms with Crippen LogP contribution < -0.4 is 10.5 Å². The predicted molar refractivity (Wildman–Crippen MR) is 53.7 cm³/mol. The first-order valence-corrected chi connectivity index (χ1v) is 4.78. The van der Waals surface area contributed by atoms with Gasteiger partial charge in [0.05, 0.1) is 11.8 Å². The van der Waals surface area contributed by atoms with Gasteiger partial charge in [-0.1, -0.05) is 12.1 Å². The van der Waals surface area contributed by atoms with Gasteiger partial charge >= 0.3 is 0 Å². The van der Waals surface area contributed by atoms with Crippen LogP contribution >= 0.6 is 0 Å². The van der Waals surface area contributed by atoms with Crippen LogP contribution in [-0.4, -0.2) is 6.10 Å². The van der Waals surface area contributed by atoms with Gasteiger partial charge in [-0.15, -0.1) is 0 Å². The highest BCUT2D eigenvalue weighted by Gasteiger charge is 2.29. The van der Waals surface area contributed by atoms with Gasteiger partial charge in [-0.3, -0.25) is 0 Å². The first kappa shape index (κ1) is 8.42. The Morgan fingerprint density at radius 1 is 1.38 bits per heavy atom. The monoisotopic (exact) mass is 177 g/mol.